The zero-order chi connectivity index (χ0) is 38.1. The van der Waals surface area contributed by atoms with E-state index >= 15 is 0 Å². The van der Waals surface area contributed by atoms with Crippen LogP contribution in [0.1, 0.15) is 61.3 Å². The molecule has 2 aromatic carbocycles. The van der Waals surface area contributed by atoms with Gasteiger partial charge in [-0.2, -0.15) is 18.4 Å². The summed E-state index contributed by atoms with van der Waals surface area (Å²) in [6.07, 6.45) is -2.03. The molecule has 13 nitrogen and oxygen atoms in total. The van der Waals surface area contributed by atoms with Crippen LogP contribution in [-0.2, 0) is 22.2 Å². The third-order valence-corrected chi connectivity index (χ3v) is 9.85. The lowest BCUT2D eigenvalue weighted by Crippen LogP contribution is -2.52. The number of anilines is 1. The van der Waals surface area contributed by atoms with E-state index in [0.29, 0.717) is 54.5 Å². The zero-order valence-corrected chi connectivity index (χ0v) is 29.8. The number of amides is 3. The van der Waals surface area contributed by atoms with Crippen LogP contribution in [0.25, 0.3) is 22.5 Å². The highest BCUT2D eigenvalue weighted by molar-refractivity contribution is 6.02. The second-order valence-electron chi connectivity index (χ2n) is 13.1. The van der Waals surface area contributed by atoms with E-state index in [2.05, 4.69) is 35.8 Å². The van der Waals surface area contributed by atoms with E-state index in [1.165, 1.54) is 29.2 Å². The molecule has 53 heavy (non-hydrogen) atoms. The summed E-state index contributed by atoms with van der Waals surface area (Å²) in [7, 11) is 0. The molecular formula is C37H45F3N10O3. The van der Waals surface area contributed by atoms with Gasteiger partial charge in [-0.15, -0.1) is 10.2 Å². The molecule has 0 bridgehead atoms. The molecule has 3 amide bonds. The number of hydrogen-bond donors (Lipinski definition) is 4. The molecule has 2 heterocycles. The molecule has 1 aliphatic rings. The number of rotatable bonds is 15. The Morgan fingerprint density at radius 2 is 1.60 bits per heavy atom. The molecule has 0 aliphatic heterocycles. The molecule has 16 heteroatoms. The maximum Gasteiger partial charge on any atom is 0.433 e. The van der Waals surface area contributed by atoms with Crippen molar-refractivity contribution in [3.63, 3.8) is 0 Å². The number of halogens is 3. The molecule has 0 radical (unpaired) electrons. The molecule has 0 saturated heterocycles. The van der Waals surface area contributed by atoms with Gasteiger partial charge in [0, 0.05) is 42.2 Å². The van der Waals surface area contributed by atoms with Crippen molar-refractivity contribution in [3.05, 3.63) is 77.6 Å². The number of tetrazole rings is 1. The van der Waals surface area contributed by atoms with E-state index in [9.17, 15) is 27.6 Å². The molecule has 1 fully saturated rings. The number of likely N-dealkylation sites (N-methyl/N-ethyl adjacent to an activating group) is 1. The van der Waals surface area contributed by atoms with Crippen LogP contribution in [0.2, 0.25) is 0 Å². The fourth-order valence-electron chi connectivity index (χ4n) is 6.71. The predicted octanol–water partition coefficient (Wildman–Crippen LogP) is 4.21. The van der Waals surface area contributed by atoms with Gasteiger partial charge in [0.15, 0.2) is 5.69 Å². The summed E-state index contributed by atoms with van der Waals surface area (Å²) < 4.78 is 42.9. The van der Waals surface area contributed by atoms with Gasteiger partial charge in [0.05, 0.1) is 0 Å². The molecule has 5 rings (SSSR count). The summed E-state index contributed by atoms with van der Waals surface area (Å²) >= 11 is 0. The first-order chi connectivity index (χ1) is 25.4. The fourth-order valence-corrected chi connectivity index (χ4v) is 6.71. The Morgan fingerprint density at radius 1 is 0.943 bits per heavy atom. The predicted molar refractivity (Wildman–Crippen MR) is 193 cm³/mol. The van der Waals surface area contributed by atoms with Gasteiger partial charge in [0.2, 0.25) is 17.6 Å². The van der Waals surface area contributed by atoms with Gasteiger partial charge in [0.25, 0.3) is 5.91 Å². The molecule has 4 aromatic rings. The minimum atomic E-state index is -4.84. The quantitative estimate of drug-likeness (QED) is 0.139. The molecule has 0 unspecified atom stereocenters. The van der Waals surface area contributed by atoms with Crippen molar-refractivity contribution >= 4 is 23.4 Å². The Balaban J connectivity index is 1.40. The van der Waals surface area contributed by atoms with Crippen molar-refractivity contribution in [2.45, 2.75) is 58.2 Å². The smallest absolute Gasteiger partial charge is 0.368 e. The first kappa shape index (κ1) is 39.0. The Hall–Kier alpha value is -5.22. The second kappa shape index (κ2) is 17.5. The van der Waals surface area contributed by atoms with Crippen molar-refractivity contribution in [2.24, 2.45) is 23.3 Å². The number of aromatic amines is 1. The first-order valence-electron chi connectivity index (χ1n) is 17.8. The van der Waals surface area contributed by atoms with E-state index in [0.717, 1.165) is 25.9 Å². The number of H-pyrrole nitrogens is 1. The summed E-state index contributed by atoms with van der Waals surface area (Å²) in [4.78, 5) is 47.3. The molecule has 2 aromatic heterocycles. The molecule has 6 N–H and O–H groups in total. The van der Waals surface area contributed by atoms with Gasteiger partial charge in [-0.25, -0.2) is 4.98 Å². The third kappa shape index (κ3) is 9.61. The van der Waals surface area contributed by atoms with Crippen molar-refractivity contribution in [2.75, 3.05) is 37.6 Å². The Morgan fingerprint density at radius 3 is 2.17 bits per heavy atom. The van der Waals surface area contributed by atoms with E-state index in [1.54, 1.807) is 36.4 Å². The summed E-state index contributed by atoms with van der Waals surface area (Å²) in [6, 6.07) is 14.4. The monoisotopic (exact) mass is 734 g/mol. The number of carbonyl (C=O) groups is 3. The number of primary amides is 1. The number of nitrogens with one attached hydrogen (secondary N) is 2. The Kier molecular flexibility index (Phi) is 12.9. The van der Waals surface area contributed by atoms with Crippen LogP contribution in [0.15, 0.2) is 60.7 Å². The lowest BCUT2D eigenvalue weighted by Gasteiger charge is -2.35. The van der Waals surface area contributed by atoms with Crippen molar-refractivity contribution in [1.29, 1.82) is 0 Å². The van der Waals surface area contributed by atoms with Crippen molar-refractivity contribution in [3.8, 4) is 22.5 Å². The number of nitrogens with zero attached hydrogens (tertiary/aromatic N) is 6. The summed E-state index contributed by atoms with van der Waals surface area (Å²) in [6.45, 7) is 6.89. The van der Waals surface area contributed by atoms with Crippen LogP contribution in [0.4, 0.5) is 18.9 Å². The number of hydrogen-bond acceptors (Lipinski definition) is 9. The molecule has 1 saturated carbocycles. The number of nitrogens with two attached hydrogens (primary N) is 2. The molecule has 0 spiro atoms. The van der Waals surface area contributed by atoms with Crippen LogP contribution in [0.5, 0.6) is 0 Å². The van der Waals surface area contributed by atoms with Gasteiger partial charge in [-0.05, 0) is 104 Å². The topological polar surface area (TPSA) is 189 Å². The highest BCUT2D eigenvalue weighted by Crippen LogP contribution is 2.37. The summed E-state index contributed by atoms with van der Waals surface area (Å²) in [5.74, 6) is -1.34. The average Bonchev–Trinajstić information content (AvgIpc) is 3.71. The number of pyridine rings is 1. The Bertz CT molecular complexity index is 1820. The van der Waals surface area contributed by atoms with Gasteiger partial charge in [-0.3, -0.25) is 19.3 Å². The maximum atomic E-state index is 14.3. The van der Waals surface area contributed by atoms with E-state index in [1.807, 2.05) is 13.8 Å². The lowest BCUT2D eigenvalue weighted by molar-refractivity contribution is -0.140. The number of benzene rings is 2. The molecular weight excluding hydrogens is 689 g/mol. The largest absolute Gasteiger partial charge is 0.433 e. The Labute approximate surface area is 305 Å². The number of aromatic nitrogens is 5. The highest BCUT2D eigenvalue weighted by Gasteiger charge is 2.38. The normalized spacial score (nSPS) is 16.7. The minimum Gasteiger partial charge on any atom is -0.368 e. The van der Waals surface area contributed by atoms with Crippen molar-refractivity contribution in [1.82, 2.24) is 35.8 Å². The average molecular weight is 735 g/mol. The van der Waals surface area contributed by atoms with Crippen LogP contribution >= 0.6 is 0 Å². The SMILES string of the molecule is CCN(CC)CCNC(=O)c1ccc(-c2ccc(C[C@@H](C(N)=O)N(C(=O)C3CCC(CN)CC3)c3ccc(-c4nn[nH]n4)cc3)cc2)c(C(F)(F)F)n1. The summed E-state index contributed by atoms with van der Waals surface area (Å²) in [5, 5.41) is 16.6. The van der Waals surface area contributed by atoms with Gasteiger partial charge in [0.1, 0.15) is 11.7 Å². The fraction of sp³-hybridized carbons (Fsp3) is 0.432. The molecule has 1 atom stereocenters. The second-order valence-corrected chi connectivity index (χ2v) is 13.1. The van der Waals surface area contributed by atoms with Crippen LogP contribution in [-0.4, -0.2) is 87.0 Å². The van der Waals surface area contributed by atoms with E-state index < -0.39 is 29.7 Å². The van der Waals surface area contributed by atoms with Gasteiger partial charge < -0.3 is 21.7 Å². The maximum absolute atomic E-state index is 14.3. The van der Waals surface area contributed by atoms with Gasteiger partial charge >= 0.3 is 6.18 Å². The van der Waals surface area contributed by atoms with E-state index in [-0.39, 0.29) is 41.6 Å². The van der Waals surface area contributed by atoms with Crippen LogP contribution in [0.3, 0.4) is 0 Å². The van der Waals surface area contributed by atoms with Gasteiger partial charge in [-0.1, -0.05) is 38.1 Å². The molecule has 282 valence electrons. The third-order valence-electron chi connectivity index (χ3n) is 9.85. The lowest BCUT2D eigenvalue weighted by atomic mass is 9.81. The first-order valence-corrected chi connectivity index (χ1v) is 17.8. The number of carbonyl (C=O) groups excluding carboxylic acids is 3. The van der Waals surface area contributed by atoms with Crippen LogP contribution in [0, 0.1) is 11.8 Å². The summed E-state index contributed by atoms with van der Waals surface area (Å²) in [5.41, 5.74) is 12.0. The zero-order valence-electron chi connectivity index (χ0n) is 29.8. The van der Waals surface area contributed by atoms with Crippen LogP contribution < -0.4 is 21.7 Å². The van der Waals surface area contributed by atoms with E-state index in [4.69, 9.17) is 11.5 Å². The molecule has 1 aliphatic carbocycles. The highest BCUT2D eigenvalue weighted by atomic mass is 19.4. The number of alkyl halides is 3. The standard InChI is InChI=1S/C37H45F3N10O3/c1-3-49(4-2)20-19-43-35(52)30-18-17-29(32(44-30)37(38,39)40)25-9-5-23(6-10-25)21-31(33(42)51)50(36(53)27-11-7-24(22-41)8-12-27)28-15-13-26(14-16-28)34-45-47-48-46-34/h5-6,9-10,13-18,24,27,31H,3-4,7-8,11-12,19-22,41H2,1-2H3,(H2,42,51)(H,43,52)(H,45,46,47,48)/t24?,27?,31-/m0/s1. The van der Waals surface area contributed by atoms with Crippen molar-refractivity contribution < 1.29 is 27.6 Å². The minimum absolute atomic E-state index is 0.00305.